The van der Waals surface area contributed by atoms with Gasteiger partial charge in [-0.3, -0.25) is 19.4 Å². The van der Waals surface area contributed by atoms with Crippen LogP contribution in [0.15, 0.2) is 42.7 Å². The van der Waals surface area contributed by atoms with Gasteiger partial charge in [0.15, 0.2) is 0 Å². The van der Waals surface area contributed by atoms with Crippen molar-refractivity contribution in [2.45, 2.75) is 71.4 Å². The normalized spacial score (nSPS) is 17.4. The van der Waals surface area contributed by atoms with Crippen molar-refractivity contribution in [1.82, 2.24) is 24.6 Å². The summed E-state index contributed by atoms with van der Waals surface area (Å²) in [5.41, 5.74) is 1.15. The standard InChI is InChI=1S/C34H49N5O6/c1-25-22-26(24-35-23-25)30(40)36(5)18-12-15-28-32(42)37(6)17-10-11-19-39(33(43)45-34(2,3)4)20-13-21-44-29-16-9-8-14-27(29)31(41)38(28)7/h8-9,14,16,22-24,28H,10-13,15,17-21H2,1-7H3/t28-/m0/s1. The van der Waals surface area contributed by atoms with Gasteiger partial charge in [0.2, 0.25) is 5.91 Å². The monoisotopic (exact) mass is 623 g/mol. The fourth-order valence-corrected chi connectivity index (χ4v) is 5.17. The third-order valence-electron chi connectivity index (χ3n) is 7.66. The Bertz CT molecular complexity index is 1330. The van der Waals surface area contributed by atoms with E-state index < -0.39 is 11.6 Å². The predicted molar refractivity (Wildman–Crippen MR) is 172 cm³/mol. The van der Waals surface area contributed by atoms with Crippen molar-refractivity contribution < 1.29 is 28.7 Å². The number of fused-ring (bicyclic) bond motifs is 1. The Morgan fingerprint density at radius 1 is 1.04 bits per heavy atom. The third-order valence-corrected chi connectivity index (χ3v) is 7.66. The molecule has 1 aromatic carbocycles. The van der Waals surface area contributed by atoms with Gasteiger partial charge in [-0.25, -0.2) is 4.79 Å². The summed E-state index contributed by atoms with van der Waals surface area (Å²) in [6, 6.07) is 8.04. The molecule has 0 spiro atoms. The van der Waals surface area contributed by atoms with Crippen molar-refractivity contribution in [3.63, 3.8) is 0 Å². The molecular formula is C34H49N5O6. The summed E-state index contributed by atoms with van der Waals surface area (Å²) >= 11 is 0. The highest BCUT2D eigenvalue weighted by molar-refractivity contribution is 5.99. The fourth-order valence-electron chi connectivity index (χ4n) is 5.17. The summed E-state index contributed by atoms with van der Waals surface area (Å²) in [7, 11) is 5.10. The lowest BCUT2D eigenvalue weighted by Gasteiger charge is -2.32. The minimum atomic E-state index is -0.745. The molecule has 1 aliphatic heterocycles. The summed E-state index contributed by atoms with van der Waals surface area (Å²) in [4.78, 5) is 64.1. The molecule has 45 heavy (non-hydrogen) atoms. The average molecular weight is 624 g/mol. The Hall–Kier alpha value is -4.15. The fraction of sp³-hybridized carbons (Fsp3) is 0.559. The summed E-state index contributed by atoms with van der Waals surface area (Å²) in [6.07, 6.45) is 5.65. The first-order valence-corrected chi connectivity index (χ1v) is 15.7. The summed E-state index contributed by atoms with van der Waals surface area (Å²) in [6.45, 7) is 9.51. The maximum absolute atomic E-state index is 13.8. The van der Waals surface area contributed by atoms with Gasteiger partial charge in [-0.15, -0.1) is 0 Å². The molecule has 0 aliphatic carbocycles. The average Bonchev–Trinajstić information content (AvgIpc) is 2.99. The number of rotatable bonds is 5. The predicted octanol–water partition coefficient (Wildman–Crippen LogP) is 4.64. The Labute approximate surface area is 267 Å². The number of amides is 4. The zero-order valence-electron chi connectivity index (χ0n) is 27.9. The number of para-hydroxylation sites is 1. The van der Waals surface area contributed by atoms with Crippen molar-refractivity contribution in [1.29, 1.82) is 0 Å². The van der Waals surface area contributed by atoms with Crippen LogP contribution in [0.5, 0.6) is 5.75 Å². The van der Waals surface area contributed by atoms with E-state index in [1.807, 2.05) is 27.7 Å². The molecule has 1 aliphatic rings. The van der Waals surface area contributed by atoms with Crippen molar-refractivity contribution in [2.75, 3.05) is 53.9 Å². The molecule has 11 heteroatoms. The Morgan fingerprint density at radius 3 is 2.44 bits per heavy atom. The van der Waals surface area contributed by atoms with Gasteiger partial charge in [0.1, 0.15) is 17.4 Å². The van der Waals surface area contributed by atoms with Crippen LogP contribution in [0.25, 0.3) is 0 Å². The molecule has 2 aromatic rings. The van der Waals surface area contributed by atoms with Crippen LogP contribution in [0.2, 0.25) is 0 Å². The topological polar surface area (TPSA) is 113 Å². The van der Waals surface area contributed by atoms with Crippen LogP contribution >= 0.6 is 0 Å². The van der Waals surface area contributed by atoms with Crippen LogP contribution in [0.1, 0.15) is 79.2 Å². The number of nitrogens with zero attached hydrogens (tertiary/aromatic N) is 5. The van der Waals surface area contributed by atoms with Crippen LogP contribution in [0.4, 0.5) is 4.79 Å². The van der Waals surface area contributed by atoms with Crippen LogP contribution in [0.3, 0.4) is 0 Å². The smallest absolute Gasteiger partial charge is 0.410 e. The number of hydrogen-bond donors (Lipinski definition) is 0. The number of aryl methyl sites for hydroxylation is 1. The maximum atomic E-state index is 13.8. The van der Waals surface area contributed by atoms with Gasteiger partial charge in [0, 0.05) is 59.7 Å². The quantitative estimate of drug-likeness (QED) is 0.477. The van der Waals surface area contributed by atoms with Gasteiger partial charge >= 0.3 is 6.09 Å². The van der Waals surface area contributed by atoms with Crippen molar-refractivity contribution in [2.24, 2.45) is 0 Å². The molecule has 0 radical (unpaired) electrons. The van der Waals surface area contributed by atoms with Crippen molar-refractivity contribution in [3.8, 4) is 5.75 Å². The van der Waals surface area contributed by atoms with Crippen LogP contribution < -0.4 is 4.74 Å². The largest absolute Gasteiger partial charge is 0.493 e. The van der Waals surface area contributed by atoms with E-state index in [0.717, 1.165) is 5.56 Å². The highest BCUT2D eigenvalue weighted by atomic mass is 16.6. The Balaban J connectivity index is 1.79. The van der Waals surface area contributed by atoms with Crippen LogP contribution in [0, 0.1) is 6.92 Å². The van der Waals surface area contributed by atoms with E-state index in [4.69, 9.17) is 9.47 Å². The number of hydrogen-bond acceptors (Lipinski definition) is 7. The third kappa shape index (κ3) is 10.5. The Morgan fingerprint density at radius 2 is 1.73 bits per heavy atom. The number of benzene rings is 1. The molecule has 0 fully saturated rings. The summed E-state index contributed by atoms with van der Waals surface area (Å²) < 4.78 is 11.7. The lowest BCUT2D eigenvalue weighted by atomic mass is 10.1. The van der Waals surface area contributed by atoms with E-state index in [1.165, 1.54) is 4.90 Å². The van der Waals surface area contributed by atoms with Gasteiger partial charge in [0.05, 0.1) is 17.7 Å². The zero-order chi connectivity index (χ0) is 33.1. The molecule has 0 N–H and O–H groups in total. The van der Waals surface area contributed by atoms with Crippen LogP contribution in [-0.4, -0.2) is 114 Å². The van der Waals surface area contributed by atoms with E-state index in [2.05, 4.69) is 4.98 Å². The van der Waals surface area contributed by atoms with E-state index >= 15 is 0 Å². The van der Waals surface area contributed by atoms with Gasteiger partial charge in [0.25, 0.3) is 11.8 Å². The molecule has 0 bridgehead atoms. The van der Waals surface area contributed by atoms with E-state index in [0.29, 0.717) is 81.8 Å². The van der Waals surface area contributed by atoms with Gasteiger partial charge in [-0.2, -0.15) is 0 Å². The zero-order valence-corrected chi connectivity index (χ0v) is 27.9. The minimum absolute atomic E-state index is 0.149. The molecule has 4 amide bonds. The number of likely N-dealkylation sites (N-methyl/N-ethyl adjacent to an activating group) is 2. The summed E-state index contributed by atoms with van der Waals surface area (Å²) in [5.74, 6) is -0.238. The number of carbonyl (C=O) groups is 4. The first kappa shape index (κ1) is 35.3. The Kier molecular flexibility index (Phi) is 12.8. The lowest BCUT2D eigenvalue weighted by molar-refractivity contribution is -0.134. The maximum Gasteiger partial charge on any atom is 0.410 e. The van der Waals surface area contributed by atoms with Gasteiger partial charge in [-0.1, -0.05) is 12.1 Å². The van der Waals surface area contributed by atoms with Crippen molar-refractivity contribution >= 4 is 23.8 Å². The van der Waals surface area contributed by atoms with Gasteiger partial charge in [-0.05, 0) is 83.6 Å². The first-order chi connectivity index (χ1) is 21.3. The molecule has 0 saturated carbocycles. The highest BCUT2D eigenvalue weighted by Gasteiger charge is 2.31. The molecule has 0 unspecified atom stereocenters. The molecule has 11 nitrogen and oxygen atoms in total. The van der Waals surface area contributed by atoms with E-state index in [9.17, 15) is 19.2 Å². The number of pyridine rings is 1. The molecule has 246 valence electrons. The highest BCUT2D eigenvalue weighted by Crippen LogP contribution is 2.23. The molecule has 2 heterocycles. The van der Waals surface area contributed by atoms with E-state index in [1.54, 1.807) is 78.6 Å². The second-order valence-electron chi connectivity index (χ2n) is 12.7. The summed E-state index contributed by atoms with van der Waals surface area (Å²) in [5, 5.41) is 0. The lowest BCUT2D eigenvalue weighted by Crippen LogP contribution is -2.49. The molecule has 3 rings (SSSR count). The van der Waals surface area contributed by atoms with Gasteiger partial charge < -0.3 is 29.1 Å². The second-order valence-corrected chi connectivity index (χ2v) is 12.7. The first-order valence-electron chi connectivity index (χ1n) is 15.7. The molecular weight excluding hydrogens is 574 g/mol. The van der Waals surface area contributed by atoms with Crippen LogP contribution in [-0.2, 0) is 9.53 Å². The second kappa shape index (κ2) is 16.2. The van der Waals surface area contributed by atoms with Crippen molar-refractivity contribution in [3.05, 3.63) is 59.4 Å². The molecule has 0 saturated heterocycles. The minimum Gasteiger partial charge on any atom is -0.493 e. The number of aromatic nitrogens is 1. The number of ether oxygens (including phenoxy) is 2. The molecule has 1 atom stereocenters. The number of carbonyl (C=O) groups excluding carboxylic acids is 4. The SMILES string of the molecule is Cc1cncc(C(=O)N(C)CCC[C@H]2C(=O)N(C)CCCCN(C(=O)OC(C)(C)C)CCCOc3ccccc3C(=O)N2C)c1. The van der Waals surface area contributed by atoms with E-state index in [-0.39, 0.29) is 23.8 Å². The molecule has 1 aromatic heterocycles.